The third kappa shape index (κ3) is 6.04. The fourth-order valence-electron chi connectivity index (χ4n) is 4.36. The first-order chi connectivity index (χ1) is 12.9. The van der Waals surface area contributed by atoms with Crippen molar-refractivity contribution >= 4 is 23.7 Å². The molecule has 0 bridgehead atoms. The molecule has 7 heteroatoms. The third-order valence-electron chi connectivity index (χ3n) is 5.92. The Balaban J connectivity index is 1.69. The number of carbonyl (C=O) groups excluding carboxylic acids is 4. The summed E-state index contributed by atoms with van der Waals surface area (Å²) < 4.78 is 5.20. The molecule has 0 aromatic heterocycles. The van der Waals surface area contributed by atoms with Crippen LogP contribution in [0.25, 0.3) is 0 Å². The van der Waals surface area contributed by atoms with Crippen molar-refractivity contribution in [2.45, 2.75) is 70.6 Å². The van der Waals surface area contributed by atoms with Crippen LogP contribution in [-0.2, 0) is 23.9 Å². The highest BCUT2D eigenvalue weighted by Gasteiger charge is 2.33. The standard InChI is InChI=1S/C20H30O7/c21-17(13-7-1-2-8-14(13)18(22)23)11-5-6-12-27-20(26)16-10-4-3-9-15(16)19(24)25/h13-16H,1-12H2,(H,22,23)(H,24,25)/p-2/t13-,14-,15+,16-/m1/s1. The first-order valence-corrected chi connectivity index (χ1v) is 10.0. The third-order valence-corrected chi connectivity index (χ3v) is 5.92. The van der Waals surface area contributed by atoms with Gasteiger partial charge in [-0.25, -0.2) is 0 Å². The monoisotopic (exact) mass is 380 g/mol. The van der Waals surface area contributed by atoms with Crippen LogP contribution in [0.4, 0.5) is 0 Å². The van der Waals surface area contributed by atoms with Crippen molar-refractivity contribution < 1.29 is 34.1 Å². The van der Waals surface area contributed by atoms with Gasteiger partial charge in [0.1, 0.15) is 5.78 Å². The number of carboxylic acid groups (broad SMARTS) is 2. The van der Waals surface area contributed by atoms with Crippen molar-refractivity contribution in [2.75, 3.05) is 6.61 Å². The summed E-state index contributed by atoms with van der Waals surface area (Å²) in [4.78, 5) is 46.7. The first-order valence-electron chi connectivity index (χ1n) is 10.0. The number of ether oxygens (including phenoxy) is 1. The van der Waals surface area contributed by atoms with E-state index < -0.39 is 41.6 Å². The Kier molecular flexibility index (Phi) is 8.25. The van der Waals surface area contributed by atoms with Crippen molar-refractivity contribution in [3.63, 3.8) is 0 Å². The molecule has 152 valence electrons. The van der Waals surface area contributed by atoms with Crippen LogP contribution in [0.1, 0.15) is 70.6 Å². The summed E-state index contributed by atoms with van der Waals surface area (Å²) in [5, 5.41) is 22.3. The lowest BCUT2D eigenvalue weighted by atomic mass is 9.76. The molecule has 0 aliphatic heterocycles. The van der Waals surface area contributed by atoms with Crippen molar-refractivity contribution in [3.05, 3.63) is 0 Å². The second-order valence-corrected chi connectivity index (χ2v) is 7.72. The molecule has 0 spiro atoms. The number of carbonyl (C=O) groups is 4. The zero-order chi connectivity index (χ0) is 19.8. The van der Waals surface area contributed by atoms with Crippen LogP contribution in [0.15, 0.2) is 0 Å². The van der Waals surface area contributed by atoms with Crippen LogP contribution in [0.5, 0.6) is 0 Å². The van der Waals surface area contributed by atoms with Crippen LogP contribution in [0.2, 0.25) is 0 Å². The minimum Gasteiger partial charge on any atom is -0.550 e. The molecular formula is C20H28O7-2. The number of rotatable bonds is 9. The summed E-state index contributed by atoms with van der Waals surface area (Å²) in [7, 11) is 0. The zero-order valence-electron chi connectivity index (χ0n) is 15.7. The average molecular weight is 380 g/mol. The maximum atomic E-state index is 12.3. The van der Waals surface area contributed by atoms with Gasteiger partial charge in [0, 0.05) is 36.1 Å². The Morgan fingerprint density at radius 1 is 0.704 bits per heavy atom. The molecule has 2 aliphatic rings. The molecule has 0 aromatic carbocycles. The molecule has 7 nitrogen and oxygen atoms in total. The number of unbranched alkanes of at least 4 members (excludes halogenated alkanes) is 1. The summed E-state index contributed by atoms with van der Waals surface area (Å²) in [6, 6.07) is 0. The predicted molar refractivity (Wildman–Crippen MR) is 90.7 cm³/mol. The highest BCUT2D eigenvalue weighted by Crippen LogP contribution is 2.32. The summed E-state index contributed by atoms with van der Waals surface area (Å²) in [6.07, 6.45) is 6.55. The quantitative estimate of drug-likeness (QED) is 0.418. The number of hydrogen-bond donors (Lipinski definition) is 0. The molecule has 2 fully saturated rings. The van der Waals surface area contributed by atoms with Crippen LogP contribution < -0.4 is 10.2 Å². The topological polar surface area (TPSA) is 124 Å². The Morgan fingerprint density at radius 2 is 1.19 bits per heavy atom. The Hall–Kier alpha value is -1.92. The smallest absolute Gasteiger partial charge is 0.309 e. The fourth-order valence-corrected chi connectivity index (χ4v) is 4.36. The SMILES string of the molecule is O=C([O-])[C@H]1CCCC[C@H]1C(=O)OCCCCC(=O)[C@@H]1CCCC[C@H]1C(=O)[O-]. The van der Waals surface area contributed by atoms with Gasteiger partial charge in [0.15, 0.2) is 0 Å². The van der Waals surface area contributed by atoms with E-state index in [1.54, 1.807) is 0 Å². The number of ketones is 1. The molecule has 2 saturated carbocycles. The zero-order valence-corrected chi connectivity index (χ0v) is 15.7. The van der Waals surface area contributed by atoms with Crippen molar-refractivity contribution in [1.82, 2.24) is 0 Å². The lowest BCUT2D eigenvalue weighted by molar-refractivity contribution is -0.315. The predicted octanol–water partition coefficient (Wildman–Crippen LogP) is 0.382. The molecule has 27 heavy (non-hydrogen) atoms. The second kappa shape index (κ2) is 10.4. The molecule has 0 unspecified atom stereocenters. The van der Waals surface area contributed by atoms with Gasteiger partial charge in [-0.1, -0.05) is 25.7 Å². The van der Waals surface area contributed by atoms with Gasteiger partial charge in [-0.3, -0.25) is 9.59 Å². The first kappa shape index (κ1) is 21.4. The lowest BCUT2D eigenvalue weighted by Crippen LogP contribution is -2.41. The second-order valence-electron chi connectivity index (χ2n) is 7.72. The van der Waals surface area contributed by atoms with Gasteiger partial charge in [0.2, 0.25) is 0 Å². The van der Waals surface area contributed by atoms with E-state index in [2.05, 4.69) is 0 Å². The molecule has 2 rings (SSSR count). The van der Waals surface area contributed by atoms with Gasteiger partial charge in [-0.15, -0.1) is 0 Å². The van der Waals surface area contributed by atoms with Gasteiger partial charge in [0.25, 0.3) is 0 Å². The average Bonchev–Trinajstić information content (AvgIpc) is 2.67. The van der Waals surface area contributed by atoms with Crippen molar-refractivity contribution in [3.8, 4) is 0 Å². The van der Waals surface area contributed by atoms with Gasteiger partial charge in [-0.05, 0) is 38.5 Å². The Labute approximate surface area is 159 Å². The van der Waals surface area contributed by atoms with E-state index in [1.807, 2.05) is 0 Å². The molecule has 0 N–H and O–H groups in total. The van der Waals surface area contributed by atoms with E-state index in [4.69, 9.17) is 4.74 Å². The van der Waals surface area contributed by atoms with E-state index >= 15 is 0 Å². The Bertz CT molecular complexity index is 509. The summed E-state index contributed by atoms with van der Waals surface area (Å²) in [5.74, 6) is -5.46. The van der Waals surface area contributed by atoms with Gasteiger partial charge in [-0.2, -0.15) is 0 Å². The fraction of sp³-hybridized carbons (Fsp3) is 0.800. The van der Waals surface area contributed by atoms with E-state index in [9.17, 15) is 29.4 Å². The van der Waals surface area contributed by atoms with Gasteiger partial charge in [0.05, 0.1) is 12.5 Å². The molecule has 0 saturated heterocycles. The minimum atomic E-state index is -1.20. The molecule has 4 atom stereocenters. The van der Waals surface area contributed by atoms with Gasteiger partial charge >= 0.3 is 5.97 Å². The van der Waals surface area contributed by atoms with Gasteiger partial charge < -0.3 is 24.5 Å². The highest BCUT2D eigenvalue weighted by molar-refractivity contribution is 5.86. The van der Waals surface area contributed by atoms with E-state index in [0.717, 1.165) is 25.7 Å². The van der Waals surface area contributed by atoms with Crippen LogP contribution in [0.3, 0.4) is 0 Å². The minimum absolute atomic E-state index is 0.0560. The van der Waals surface area contributed by atoms with Crippen LogP contribution in [0, 0.1) is 23.7 Å². The van der Waals surface area contributed by atoms with E-state index in [-0.39, 0.29) is 18.8 Å². The maximum Gasteiger partial charge on any atom is 0.309 e. The summed E-state index contributed by atoms with van der Waals surface area (Å²) in [6.45, 7) is 0.136. The number of Topliss-reactive ketones (excluding diaryl/α,β-unsaturated/α-hetero) is 1. The molecule has 0 radical (unpaired) electrons. The Morgan fingerprint density at radius 3 is 1.74 bits per heavy atom. The summed E-state index contributed by atoms with van der Waals surface area (Å²) in [5.41, 5.74) is 0. The molecule has 0 heterocycles. The molecule has 2 aliphatic carbocycles. The van der Waals surface area contributed by atoms with Crippen molar-refractivity contribution in [1.29, 1.82) is 0 Å². The van der Waals surface area contributed by atoms with Crippen LogP contribution in [-0.4, -0.2) is 30.3 Å². The number of aliphatic carboxylic acids is 2. The molecule has 0 amide bonds. The highest BCUT2D eigenvalue weighted by atomic mass is 16.5. The van der Waals surface area contributed by atoms with E-state index in [0.29, 0.717) is 38.5 Å². The summed E-state index contributed by atoms with van der Waals surface area (Å²) >= 11 is 0. The number of esters is 1. The molecular weight excluding hydrogens is 352 g/mol. The normalized spacial score (nSPS) is 28.3. The lowest BCUT2D eigenvalue weighted by Gasteiger charge is -2.31. The number of carboxylic acids is 2. The number of hydrogen-bond acceptors (Lipinski definition) is 7. The molecule has 0 aromatic rings. The van der Waals surface area contributed by atoms with E-state index in [1.165, 1.54) is 0 Å². The largest absolute Gasteiger partial charge is 0.550 e. The van der Waals surface area contributed by atoms with Crippen molar-refractivity contribution in [2.24, 2.45) is 23.7 Å². The maximum absolute atomic E-state index is 12.3. The van der Waals surface area contributed by atoms with Crippen LogP contribution >= 0.6 is 0 Å².